The summed E-state index contributed by atoms with van der Waals surface area (Å²) in [5.41, 5.74) is 16.3. The van der Waals surface area contributed by atoms with Gasteiger partial charge in [0.25, 0.3) is 0 Å². The number of nitrogens with one attached hydrogen (secondary N) is 5. The minimum absolute atomic E-state index is 0.00242. The summed E-state index contributed by atoms with van der Waals surface area (Å²) in [6, 6.07) is 2.57. The van der Waals surface area contributed by atoms with E-state index in [1.54, 1.807) is 44.2 Å². The number of hydrogen-bond acceptors (Lipinski definition) is 7. The van der Waals surface area contributed by atoms with E-state index in [0.717, 1.165) is 0 Å². The second kappa shape index (κ2) is 19.3. The molecule has 16 nitrogen and oxygen atoms in total. The minimum atomic E-state index is -1.29. The van der Waals surface area contributed by atoms with Crippen molar-refractivity contribution in [1.29, 1.82) is 0 Å². The lowest BCUT2D eigenvalue weighted by Gasteiger charge is -2.27. The highest BCUT2D eigenvalue weighted by Crippen LogP contribution is 2.07. The average molecular weight is 606 g/mol. The first-order valence-corrected chi connectivity index (χ1v) is 13.8. The fourth-order valence-corrected chi connectivity index (χ4v) is 3.95. The van der Waals surface area contributed by atoms with Gasteiger partial charge in [-0.15, -0.1) is 0 Å². The Bertz CT molecular complexity index is 1110. The number of nitrogens with two attached hydrogens (primary N) is 3. The number of carboxylic acids is 1. The summed E-state index contributed by atoms with van der Waals surface area (Å²) in [5.74, 6) is -3.12. The molecule has 1 rings (SSSR count). The van der Waals surface area contributed by atoms with Gasteiger partial charge in [0.2, 0.25) is 11.8 Å². The van der Waals surface area contributed by atoms with Crippen molar-refractivity contribution in [1.82, 2.24) is 26.6 Å². The third-order valence-electron chi connectivity index (χ3n) is 6.18. The highest BCUT2D eigenvalue weighted by Gasteiger charge is 2.30. The van der Waals surface area contributed by atoms with Crippen molar-refractivity contribution in [3.05, 3.63) is 35.9 Å². The first kappa shape index (κ1) is 36.1. The molecule has 0 saturated carbocycles. The van der Waals surface area contributed by atoms with E-state index in [0.29, 0.717) is 18.3 Å². The van der Waals surface area contributed by atoms with Gasteiger partial charge in [-0.1, -0.05) is 44.2 Å². The molecule has 0 radical (unpaired) electrons. The van der Waals surface area contributed by atoms with Crippen LogP contribution in [0.3, 0.4) is 0 Å². The SMILES string of the molecule is CC(C)[C@H](NC(=O)[C@H](CCCNC(N)=O)NC(=O)N[C@@H](Cc1ccccc1)C(=O)O)C(=O)N[C@@H](C=O)CCCN=C(N)N. The molecule has 0 spiro atoms. The Hall–Kier alpha value is -4.89. The summed E-state index contributed by atoms with van der Waals surface area (Å²) in [7, 11) is 0. The molecule has 0 saturated heterocycles. The molecule has 0 unspecified atom stereocenters. The summed E-state index contributed by atoms with van der Waals surface area (Å²) in [6.07, 6.45) is 1.49. The van der Waals surface area contributed by atoms with Crippen LogP contribution in [0.25, 0.3) is 0 Å². The lowest BCUT2D eigenvalue weighted by Crippen LogP contribution is -2.58. The normalized spacial score (nSPS) is 13.4. The third-order valence-corrected chi connectivity index (χ3v) is 6.18. The number of amides is 6. The molecule has 16 heteroatoms. The molecule has 12 N–H and O–H groups in total. The van der Waals surface area contributed by atoms with Gasteiger partial charge < -0.3 is 53.7 Å². The molecule has 1 aromatic carbocycles. The van der Waals surface area contributed by atoms with Crippen LogP contribution in [0.15, 0.2) is 35.3 Å². The van der Waals surface area contributed by atoms with E-state index >= 15 is 0 Å². The molecule has 0 aromatic heterocycles. The van der Waals surface area contributed by atoms with E-state index in [2.05, 4.69) is 31.6 Å². The summed E-state index contributed by atoms with van der Waals surface area (Å²) < 4.78 is 0. The van der Waals surface area contributed by atoms with Crippen LogP contribution in [-0.4, -0.2) is 84.5 Å². The number of nitrogens with zero attached hydrogens (tertiary/aromatic N) is 1. The van der Waals surface area contributed by atoms with Crippen molar-refractivity contribution in [2.45, 2.75) is 70.1 Å². The molecule has 0 aliphatic rings. The van der Waals surface area contributed by atoms with Crippen LogP contribution in [0.1, 0.15) is 45.1 Å². The molecule has 0 heterocycles. The van der Waals surface area contributed by atoms with Gasteiger partial charge in [-0.3, -0.25) is 14.6 Å². The predicted octanol–water partition coefficient (Wildman–Crippen LogP) is -1.32. The van der Waals surface area contributed by atoms with Gasteiger partial charge in [-0.25, -0.2) is 14.4 Å². The van der Waals surface area contributed by atoms with Crippen LogP contribution >= 0.6 is 0 Å². The number of carboxylic acid groups (broad SMARTS) is 1. The van der Waals surface area contributed by atoms with Crippen molar-refractivity contribution in [3.8, 4) is 0 Å². The predicted molar refractivity (Wildman–Crippen MR) is 159 cm³/mol. The van der Waals surface area contributed by atoms with Gasteiger partial charge in [0.15, 0.2) is 5.96 Å². The van der Waals surface area contributed by atoms with Gasteiger partial charge in [0.05, 0.1) is 6.04 Å². The van der Waals surface area contributed by atoms with Gasteiger partial charge >= 0.3 is 18.0 Å². The van der Waals surface area contributed by atoms with Gasteiger partial charge in [-0.2, -0.15) is 0 Å². The van der Waals surface area contributed by atoms with Crippen molar-refractivity contribution >= 4 is 42.1 Å². The molecule has 0 aliphatic heterocycles. The lowest BCUT2D eigenvalue weighted by atomic mass is 10.0. The van der Waals surface area contributed by atoms with Crippen LogP contribution in [0.5, 0.6) is 0 Å². The molecule has 0 bridgehead atoms. The average Bonchev–Trinajstić information content (AvgIpc) is 2.94. The van der Waals surface area contributed by atoms with Crippen LogP contribution in [-0.2, 0) is 25.6 Å². The second-order valence-electron chi connectivity index (χ2n) is 10.1. The van der Waals surface area contributed by atoms with E-state index < -0.39 is 59.9 Å². The second-order valence-corrected chi connectivity index (χ2v) is 10.1. The monoisotopic (exact) mass is 605 g/mol. The maximum Gasteiger partial charge on any atom is 0.326 e. The van der Waals surface area contributed by atoms with E-state index in [1.165, 1.54) is 0 Å². The van der Waals surface area contributed by atoms with Crippen molar-refractivity contribution < 1.29 is 33.9 Å². The Morgan fingerprint density at radius 3 is 2.09 bits per heavy atom. The summed E-state index contributed by atoms with van der Waals surface area (Å²) in [5, 5.41) is 22.0. The fourth-order valence-electron chi connectivity index (χ4n) is 3.95. The molecule has 6 amide bonds. The molecule has 1 aromatic rings. The van der Waals surface area contributed by atoms with E-state index in [9.17, 15) is 33.9 Å². The Labute approximate surface area is 250 Å². The first-order chi connectivity index (χ1) is 20.3. The molecule has 0 fully saturated rings. The molecular formula is C27H43N9O7. The number of hydrogen-bond donors (Lipinski definition) is 9. The largest absolute Gasteiger partial charge is 0.480 e. The van der Waals surface area contributed by atoms with E-state index in [1.807, 2.05) is 0 Å². The van der Waals surface area contributed by atoms with Gasteiger partial charge in [0.1, 0.15) is 24.4 Å². The fraction of sp³-hybridized carbons (Fsp3) is 0.519. The van der Waals surface area contributed by atoms with E-state index in [4.69, 9.17) is 17.2 Å². The van der Waals surface area contributed by atoms with Crippen LogP contribution < -0.4 is 43.8 Å². The Kier molecular flexibility index (Phi) is 16.2. The number of rotatable bonds is 19. The van der Waals surface area contributed by atoms with Crippen LogP contribution in [0.2, 0.25) is 0 Å². The Morgan fingerprint density at radius 2 is 1.53 bits per heavy atom. The molecule has 43 heavy (non-hydrogen) atoms. The summed E-state index contributed by atoms with van der Waals surface area (Å²) in [6.45, 7) is 3.74. The van der Waals surface area contributed by atoms with Crippen LogP contribution in [0.4, 0.5) is 9.59 Å². The lowest BCUT2D eigenvalue weighted by molar-refractivity contribution is -0.139. The standard InChI is InChI=1S/C27H43N9O7/c1-16(2)21(23(39)33-18(15-37)10-6-12-31-25(28)29)36-22(38)19(11-7-13-32-26(30)42)34-27(43)35-20(24(40)41)14-17-8-4-3-5-9-17/h3-5,8-9,15-16,18-21H,6-7,10-14H2,1-2H3,(H,33,39)(H,36,38)(H,40,41)(H4,28,29,31)(H3,30,32,42)(H2,34,35,43)/t18-,19+,20+,21+/m1/s1. The topological polar surface area (TPSA) is 273 Å². The molecular weight excluding hydrogens is 562 g/mol. The van der Waals surface area contributed by atoms with Crippen LogP contribution in [0, 0.1) is 5.92 Å². The summed E-state index contributed by atoms with van der Waals surface area (Å²) >= 11 is 0. The maximum atomic E-state index is 13.3. The highest BCUT2D eigenvalue weighted by molar-refractivity contribution is 5.93. The third kappa shape index (κ3) is 15.1. The van der Waals surface area contributed by atoms with Gasteiger partial charge in [0, 0.05) is 19.5 Å². The quantitative estimate of drug-likeness (QED) is 0.0391. The maximum absolute atomic E-state index is 13.3. The number of aldehydes is 1. The highest BCUT2D eigenvalue weighted by atomic mass is 16.4. The number of aliphatic carboxylic acids is 1. The van der Waals surface area contributed by atoms with Crippen molar-refractivity contribution in [2.75, 3.05) is 13.1 Å². The summed E-state index contributed by atoms with van der Waals surface area (Å²) in [4.78, 5) is 77.3. The van der Waals surface area contributed by atoms with Crippen molar-refractivity contribution in [2.24, 2.45) is 28.1 Å². The zero-order valence-corrected chi connectivity index (χ0v) is 24.4. The number of primary amides is 1. The Balaban J connectivity index is 2.96. The smallest absolute Gasteiger partial charge is 0.326 e. The number of benzene rings is 1. The molecule has 238 valence electrons. The zero-order valence-electron chi connectivity index (χ0n) is 24.4. The number of aliphatic imine (C=N–C) groups is 1. The first-order valence-electron chi connectivity index (χ1n) is 13.8. The molecule has 0 aliphatic carbocycles. The van der Waals surface area contributed by atoms with Crippen molar-refractivity contribution in [3.63, 3.8) is 0 Å². The number of urea groups is 2. The van der Waals surface area contributed by atoms with E-state index in [-0.39, 0.29) is 44.7 Å². The molecule has 4 atom stereocenters. The number of carbonyl (C=O) groups is 6. The zero-order chi connectivity index (χ0) is 32.4. The minimum Gasteiger partial charge on any atom is -0.480 e. The van der Waals surface area contributed by atoms with Gasteiger partial charge in [-0.05, 0) is 37.2 Å². The number of guanidine groups is 1. The Morgan fingerprint density at radius 1 is 0.884 bits per heavy atom. The number of carbonyl (C=O) groups excluding carboxylic acids is 5.